The number of likely N-dealkylation sites (N-methyl/N-ethyl adjacent to an activating group) is 1. The number of ether oxygens (including phenoxy) is 1. The normalized spacial score (nSPS) is 26.4. The molecule has 2 rings (SSSR count). The van der Waals surface area contributed by atoms with Crippen LogP contribution in [0.2, 0.25) is 0 Å². The molecule has 1 atom stereocenters. The summed E-state index contributed by atoms with van der Waals surface area (Å²) in [6.07, 6.45) is 5.56. The van der Waals surface area contributed by atoms with E-state index < -0.39 is 0 Å². The van der Waals surface area contributed by atoms with E-state index in [-0.39, 0.29) is 0 Å². The molecule has 2 saturated heterocycles. The molecule has 1 unspecified atom stereocenters. The fraction of sp³-hybridized carbons (Fsp3) is 1.00. The number of fused-ring (bicyclic) bond motifs is 1. The molecule has 0 spiro atoms. The molecule has 0 aromatic heterocycles. The van der Waals surface area contributed by atoms with Gasteiger partial charge in [0.15, 0.2) is 0 Å². The van der Waals surface area contributed by atoms with E-state index in [1.54, 1.807) is 0 Å². The molecule has 112 valence electrons. The van der Waals surface area contributed by atoms with Crippen molar-refractivity contribution >= 4 is 0 Å². The molecule has 0 bridgehead atoms. The molecule has 4 heteroatoms. The SMILES string of the molecule is CN(C)CCOCCN1CCCN2CCCCC2C1. The van der Waals surface area contributed by atoms with Gasteiger partial charge in [-0.3, -0.25) is 9.80 Å². The molecule has 0 aromatic rings. The quantitative estimate of drug-likeness (QED) is 0.673. The van der Waals surface area contributed by atoms with E-state index in [9.17, 15) is 0 Å². The lowest BCUT2D eigenvalue weighted by molar-refractivity contribution is 0.0831. The topological polar surface area (TPSA) is 19.0 Å². The van der Waals surface area contributed by atoms with Gasteiger partial charge in [-0.15, -0.1) is 0 Å². The lowest BCUT2D eigenvalue weighted by Gasteiger charge is -2.35. The predicted octanol–water partition coefficient (Wildman–Crippen LogP) is 1.12. The highest BCUT2D eigenvalue weighted by Gasteiger charge is 2.26. The van der Waals surface area contributed by atoms with Crippen LogP contribution in [-0.2, 0) is 4.74 Å². The zero-order valence-electron chi connectivity index (χ0n) is 12.8. The van der Waals surface area contributed by atoms with Crippen LogP contribution < -0.4 is 0 Å². The first kappa shape index (κ1) is 15.2. The van der Waals surface area contributed by atoms with Crippen molar-refractivity contribution in [2.24, 2.45) is 0 Å². The van der Waals surface area contributed by atoms with Gasteiger partial charge in [0.25, 0.3) is 0 Å². The van der Waals surface area contributed by atoms with Crippen LogP contribution in [0.25, 0.3) is 0 Å². The molecule has 0 amide bonds. The smallest absolute Gasteiger partial charge is 0.0594 e. The van der Waals surface area contributed by atoms with Crippen LogP contribution >= 0.6 is 0 Å². The van der Waals surface area contributed by atoms with Gasteiger partial charge in [0.05, 0.1) is 13.2 Å². The van der Waals surface area contributed by atoms with Gasteiger partial charge in [0.2, 0.25) is 0 Å². The Morgan fingerprint density at radius 1 is 1.05 bits per heavy atom. The minimum atomic E-state index is 0.818. The van der Waals surface area contributed by atoms with Gasteiger partial charge < -0.3 is 9.64 Å². The molecule has 2 aliphatic heterocycles. The number of hydrogen-bond acceptors (Lipinski definition) is 4. The highest BCUT2D eigenvalue weighted by Crippen LogP contribution is 2.20. The van der Waals surface area contributed by atoms with Gasteiger partial charge in [-0.1, -0.05) is 6.42 Å². The van der Waals surface area contributed by atoms with E-state index in [1.807, 2.05) is 0 Å². The van der Waals surface area contributed by atoms with Crippen molar-refractivity contribution in [3.05, 3.63) is 0 Å². The van der Waals surface area contributed by atoms with Gasteiger partial charge in [0, 0.05) is 25.7 Å². The third-order valence-electron chi connectivity index (χ3n) is 4.37. The maximum absolute atomic E-state index is 5.73. The maximum atomic E-state index is 5.73. The summed E-state index contributed by atoms with van der Waals surface area (Å²) in [7, 11) is 4.19. The third kappa shape index (κ3) is 5.38. The zero-order chi connectivity index (χ0) is 13.5. The first-order valence-corrected chi connectivity index (χ1v) is 7.94. The van der Waals surface area contributed by atoms with Crippen LogP contribution in [-0.4, -0.2) is 87.3 Å². The summed E-state index contributed by atoms with van der Waals surface area (Å²) < 4.78 is 5.73. The Labute approximate surface area is 118 Å². The van der Waals surface area contributed by atoms with Crippen molar-refractivity contribution in [3.63, 3.8) is 0 Å². The standard InChI is InChI=1S/C15H31N3O/c1-16(2)10-12-19-13-11-17-7-5-9-18-8-4-3-6-15(18)14-17/h15H,3-14H2,1-2H3. The number of hydrogen-bond donors (Lipinski definition) is 0. The molecule has 4 nitrogen and oxygen atoms in total. The van der Waals surface area contributed by atoms with Crippen LogP contribution in [0.4, 0.5) is 0 Å². The van der Waals surface area contributed by atoms with Crippen molar-refractivity contribution in [2.45, 2.75) is 31.7 Å². The first-order valence-electron chi connectivity index (χ1n) is 7.94. The van der Waals surface area contributed by atoms with Gasteiger partial charge in [-0.05, 0) is 53.0 Å². The fourth-order valence-electron chi connectivity index (χ4n) is 3.19. The second-order valence-corrected chi connectivity index (χ2v) is 6.26. The second kappa shape index (κ2) is 8.20. The molecular weight excluding hydrogens is 238 g/mol. The van der Waals surface area contributed by atoms with E-state index in [0.29, 0.717) is 0 Å². The summed E-state index contributed by atoms with van der Waals surface area (Å²) >= 11 is 0. The molecular formula is C15H31N3O. The van der Waals surface area contributed by atoms with Crippen molar-refractivity contribution in [1.29, 1.82) is 0 Å². The molecule has 0 aromatic carbocycles. The summed E-state index contributed by atoms with van der Waals surface area (Å²) in [6, 6.07) is 0.818. The van der Waals surface area contributed by atoms with Gasteiger partial charge in [-0.2, -0.15) is 0 Å². The average molecular weight is 269 g/mol. The summed E-state index contributed by atoms with van der Waals surface area (Å²) in [5, 5.41) is 0. The summed E-state index contributed by atoms with van der Waals surface area (Å²) in [5.74, 6) is 0. The minimum absolute atomic E-state index is 0.818. The summed E-state index contributed by atoms with van der Waals surface area (Å²) in [5.41, 5.74) is 0. The number of rotatable bonds is 6. The number of piperidine rings is 1. The second-order valence-electron chi connectivity index (χ2n) is 6.26. The summed E-state index contributed by atoms with van der Waals surface area (Å²) in [6.45, 7) is 9.03. The largest absolute Gasteiger partial charge is 0.379 e. The van der Waals surface area contributed by atoms with Crippen molar-refractivity contribution in [2.75, 3.05) is 66.6 Å². The van der Waals surface area contributed by atoms with Crippen molar-refractivity contribution in [3.8, 4) is 0 Å². The van der Waals surface area contributed by atoms with Crippen LogP contribution in [0, 0.1) is 0 Å². The molecule has 0 radical (unpaired) electrons. The fourth-order valence-corrected chi connectivity index (χ4v) is 3.19. The molecule has 0 aliphatic carbocycles. The van der Waals surface area contributed by atoms with Gasteiger partial charge in [-0.25, -0.2) is 0 Å². The Bertz CT molecular complexity index is 248. The Morgan fingerprint density at radius 3 is 2.74 bits per heavy atom. The third-order valence-corrected chi connectivity index (χ3v) is 4.37. The first-order chi connectivity index (χ1) is 9.25. The lowest BCUT2D eigenvalue weighted by Crippen LogP contribution is -2.44. The predicted molar refractivity (Wildman–Crippen MR) is 79.6 cm³/mol. The van der Waals surface area contributed by atoms with E-state index in [2.05, 4.69) is 28.8 Å². The monoisotopic (exact) mass is 269 g/mol. The van der Waals surface area contributed by atoms with Gasteiger partial charge in [0.1, 0.15) is 0 Å². The van der Waals surface area contributed by atoms with Crippen molar-refractivity contribution < 1.29 is 4.74 Å². The van der Waals surface area contributed by atoms with E-state index in [4.69, 9.17) is 4.74 Å². The maximum Gasteiger partial charge on any atom is 0.0594 e. The molecule has 0 N–H and O–H groups in total. The Hall–Kier alpha value is -0.160. The minimum Gasteiger partial charge on any atom is -0.379 e. The van der Waals surface area contributed by atoms with Crippen molar-refractivity contribution in [1.82, 2.24) is 14.7 Å². The van der Waals surface area contributed by atoms with E-state index in [0.717, 1.165) is 32.3 Å². The molecule has 0 saturated carbocycles. The molecule has 2 fully saturated rings. The van der Waals surface area contributed by atoms with Crippen LogP contribution in [0.5, 0.6) is 0 Å². The van der Waals surface area contributed by atoms with Gasteiger partial charge >= 0.3 is 0 Å². The van der Waals surface area contributed by atoms with Crippen LogP contribution in [0.15, 0.2) is 0 Å². The van der Waals surface area contributed by atoms with E-state index in [1.165, 1.54) is 51.9 Å². The highest BCUT2D eigenvalue weighted by atomic mass is 16.5. The average Bonchev–Trinajstić information content (AvgIpc) is 2.59. The van der Waals surface area contributed by atoms with Crippen LogP contribution in [0.3, 0.4) is 0 Å². The number of nitrogens with zero attached hydrogens (tertiary/aromatic N) is 3. The zero-order valence-corrected chi connectivity index (χ0v) is 12.8. The lowest BCUT2D eigenvalue weighted by atomic mass is 10.0. The molecule has 2 aliphatic rings. The molecule has 2 heterocycles. The molecule has 19 heavy (non-hydrogen) atoms. The Kier molecular flexibility index (Phi) is 6.57. The van der Waals surface area contributed by atoms with Crippen LogP contribution in [0.1, 0.15) is 25.7 Å². The Morgan fingerprint density at radius 2 is 1.89 bits per heavy atom. The van der Waals surface area contributed by atoms with E-state index >= 15 is 0 Å². The highest BCUT2D eigenvalue weighted by molar-refractivity contribution is 4.83. The summed E-state index contributed by atoms with van der Waals surface area (Å²) in [4.78, 5) is 7.51. The Balaban J connectivity index is 1.63.